The van der Waals surface area contributed by atoms with E-state index in [1.54, 1.807) is 30.3 Å². The summed E-state index contributed by atoms with van der Waals surface area (Å²) in [5.41, 5.74) is 0.152. The summed E-state index contributed by atoms with van der Waals surface area (Å²) in [6.45, 7) is 0.249. The summed E-state index contributed by atoms with van der Waals surface area (Å²) in [5, 5.41) is 10.9. The van der Waals surface area contributed by atoms with Crippen molar-refractivity contribution < 1.29 is 27.2 Å². The Morgan fingerprint density at radius 2 is 1.58 bits per heavy atom. The first-order valence-corrected chi connectivity index (χ1v) is 11.8. The van der Waals surface area contributed by atoms with Gasteiger partial charge in [0, 0.05) is 23.9 Å². The predicted molar refractivity (Wildman–Crippen MR) is 125 cm³/mol. The van der Waals surface area contributed by atoms with E-state index < -0.39 is 29.3 Å². The number of rotatable bonds is 7. The van der Waals surface area contributed by atoms with Crippen molar-refractivity contribution in [3.63, 3.8) is 0 Å². The molecule has 0 spiro atoms. The number of amides is 1. The third kappa shape index (κ3) is 5.95. The minimum Gasteiger partial charge on any atom is -0.350 e. The number of alkyl halides is 3. The van der Waals surface area contributed by atoms with Gasteiger partial charge in [-0.05, 0) is 61.9 Å². The molecule has 1 fully saturated rings. The molecule has 0 saturated heterocycles. The van der Waals surface area contributed by atoms with Crippen LogP contribution >= 0.6 is 0 Å². The summed E-state index contributed by atoms with van der Waals surface area (Å²) in [6, 6.07) is 14.5. The van der Waals surface area contributed by atoms with Crippen LogP contribution in [0.4, 0.5) is 17.6 Å². The van der Waals surface area contributed by atoms with Crippen LogP contribution in [0.5, 0.6) is 0 Å². The number of halogens is 4. The minimum absolute atomic E-state index is 0.0116. The quantitative estimate of drug-likeness (QED) is 0.331. The Kier molecular flexibility index (Phi) is 7.76. The topological polar surface area (TPSA) is 72.0 Å². The van der Waals surface area contributed by atoms with Crippen molar-refractivity contribution in [1.29, 1.82) is 0 Å². The van der Waals surface area contributed by atoms with Crippen molar-refractivity contribution in [3.8, 4) is 0 Å². The molecule has 2 aromatic carbocycles. The third-order valence-corrected chi connectivity index (χ3v) is 6.57. The smallest absolute Gasteiger partial charge is 0.350 e. The van der Waals surface area contributed by atoms with Crippen molar-refractivity contribution in [2.75, 3.05) is 6.54 Å². The summed E-state index contributed by atoms with van der Waals surface area (Å²) >= 11 is 0. The average molecular weight is 500 g/mol. The highest BCUT2D eigenvalue weighted by atomic mass is 19.4. The Balaban J connectivity index is 1.30. The molecule has 9 heteroatoms. The molecule has 188 valence electrons. The number of nitrogens with zero attached hydrogens (tertiary/aromatic N) is 2. The van der Waals surface area contributed by atoms with Crippen LogP contribution in [-0.4, -0.2) is 28.4 Å². The highest BCUT2D eigenvalue weighted by Crippen LogP contribution is 2.38. The summed E-state index contributed by atoms with van der Waals surface area (Å²) in [5.74, 6) is -1.68. The molecule has 0 atom stereocenters. The lowest BCUT2D eigenvalue weighted by molar-refractivity contribution is -0.138. The monoisotopic (exact) mass is 499 g/mol. The molecule has 1 aliphatic rings. The maximum Gasteiger partial charge on any atom is 0.417 e. The van der Waals surface area contributed by atoms with E-state index in [1.807, 2.05) is 0 Å². The maximum absolute atomic E-state index is 13.7. The Morgan fingerprint density at radius 1 is 0.889 bits per heavy atom. The molecular formula is C27H25F4N3O2. The maximum atomic E-state index is 13.7. The molecule has 1 aliphatic carbocycles. The van der Waals surface area contributed by atoms with Crippen LogP contribution < -0.4 is 5.32 Å². The van der Waals surface area contributed by atoms with Gasteiger partial charge in [0.05, 0.1) is 11.3 Å². The molecule has 1 amide bonds. The first-order chi connectivity index (χ1) is 17.2. The van der Waals surface area contributed by atoms with Crippen LogP contribution in [0.2, 0.25) is 0 Å². The van der Waals surface area contributed by atoms with Gasteiger partial charge in [0.15, 0.2) is 11.5 Å². The van der Waals surface area contributed by atoms with Crippen LogP contribution in [0.25, 0.3) is 0 Å². The van der Waals surface area contributed by atoms with Gasteiger partial charge in [-0.15, -0.1) is 5.10 Å². The van der Waals surface area contributed by atoms with E-state index in [0.717, 1.165) is 6.07 Å². The van der Waals surface area contributed by atoms with E-state index in [9.17, 15) is 27.2 Å². The molecule has 4 rings (SSSR count). The number of benzene rings is 2. The molecule has 0 radical (unpaired) electrons. The van der Waals surface area contributed by atoms with Crippen LogP contribution in [0.1, 0.15) is 69.3 Å². The second-order valence-corrected chi connectivity index (χ2v) is 8.90. The van der Waals surface area contributed by atoms with Gasteiger partial charge in [-0.1, -0.05) is 36.4 Å². The fourth-order valence-electron chi connectivity index (χ4n) is 4.60. The predicted octanol–water partition coefficient (Wildman–Crippen LogP) is 5.76. The lowest BCUT2D eigenvalue weighted by Crippen LogP contribution is -2.27. The van der Waals surface area contributed by atoms with Crippen molar-refractivity contribution in [1.82, 2.24) is 15.5 Å². The Hall–Kier alpha value is -3.62. The molecule has 0 bridgehead atoms. The Bertz CT molecular complexity index is 1220. The molecular weight excluding hydrogens is 474 g/mol. The fourth-order valence-corrected chi connectivity index (χ4v) is 4.60. The molecule has 1 saturated carbocycles. The van der Waals surface area contributed by atoms with E-state index in [0.29, 0.717) is 43.4 Å². The van der Waals surface area contributed by atoms with E-state index in [-0.39, 0.29) is 29.5 Å². The second-order valence-electron chi connectivity index (χ2n) is 8.90. The standard InChI is InChI=1S/C27H25F4N3O2/c28-22-8-4-1-5-17(22)15-16-32-26(36)24-14-13-23(33-34-24)18-9-11-19(12-10-18)25(35)20-6-2-3-7-21(20)27(29,30)31/h1-8,13-14,18-19H,9-12,15-16H2,(H,32,36). The highest BCUT2D eigenvalue weighted by Gasteiger charge is 2.37. The zero-order valence-electron chi connectivity index (χ0n) is 19.4. The van der Waals surface area contributed by atoms with E-state index in [1.165, 1.54) is 24.3 Å². The number of carbonyl (C=O) groups is 2. The van der Waals surface area contributed by atoms with Gasteiger partial charge in [0.2, 0.25) is 0 Å². The number of hydrogen-bond acceptors (Lipinski definition) is 4. The van der Waals surface area contributed by atoms with Gasteiger partial charge in [-0.25, -0.2) is 4.39 Å². The first kappa shape index (κ1) is 25.5. The Labute approximate surface area is 205 Å². The Morgan fingerprint density at radius 3 is 2.25 bits per heavy atom. The largest absolute Gasteiger partial charge is 0.417 e. The van der Waals surface area contributed by atoms with Crippen LogP contribution in [0, 0.1) is 11.7 Å². The molecule has 1 N–H and O–H groups in total. The van der Waals surface area contributed by atoms with Crippen LogP contribution in [-0.2, 0) is 12.6 Å². The molecule has 0 unspecified atom stereocenters. The third-order valence-electron chi connectivity index (χ3n) is 6.57. The first-order valence-electron chi connectivity index (χ1n) is 11.8. The summed E-state index contributed by atoms with van der Waals surface area (Å²) in [6.07, 6.45) is -2.14. The number of ketones is 1. The molecule has 0 aliphatic heterocycles. The molecule has 36 heavy (non-hydrogen) atoms. The summed E-state index contributed by atoms with van der Waals surface area (Å²) < 4.78 is 53.6. The number of Topliss-reactive ketones (excluding diaryl/α,β-unsaturated/α-hetero) is 1. The number of carbonyl (C=O) groups excluding carboxylic acids is 2. The number of aromatic nitrogens is 2. The zero-order valence-corrected chi connectivity index (χ0v) is 19.4. The van der Waals surface area contributed by atoms with Gasteiger partial charge < -0.3 is 5.32 Å². The zero-order chi connectivity index (χ0) is 25.7. The second kappa shape index (κ2) is 11.0. The van der Waals surface area contributed by atoms with E-state index in [2.05, 4.69) is 15.5 Å². The van der Waals surface area contributed by atoms with Crippen LogP contribution in [0.3, 0.4) is 0 Å². The summed E-state index contributed by atoms with van der Waals surface area (Å²) in [7, 11) is 0. The van der Waals surface area contributed by atoms with E-state index in [4.69, 9.17) is 0 Å². The highest BCUT2D eigenvalue weighted by molar-refractivity contribution is 5.99. The van der Waals surface area contributed by atoms with Crippen molar-refractivity contribution in [2.24, 2.45) is 5.92 Å². The lowest BCUT2D eigenvalue weighted by Gasteiger charge is -2.27. The lowest BCUT2D eigenvalue weighted by atomic mass is 9.77. The van der Waals surface area contributed by atoms with Crippen molar-refractivity contribution in [3.05, 3.63) is 94.6 Å². The van der Waals surface area contributed by atoms with Gasteiger partial charge >= 0.3 is 6.18 Å². The van der Waals surface area contributed by atoms with Gasteiger partial charge in [-0.3, -0.25) is 9.59 Å². The molecule has 3 aromatic rings. The van der Waals surface area contributed by atoms with Crippen molar-refractivity contribution in [2.45, 2.75) is 44.2 Å². The number of hydrogen-bond donors (Lipinski definition) is 1. The average Bonchev–Trinajstić information content (AvgIpc) is 2.89. The summed E-state index contributed by atoms with van der Waals surface area (Å²) in [4.78, 5) is 25.2. The molecule has 1 aromatic heterocycles. The SMILES string of the molecule is O=C(NCCc1ccccc1F)c1ccc(C2CCC(C(=O)c3ccccc3C(F)(F)F)CC2)nn1. The molecule has 1 heterocycles. The molecule has 5 nitrogen and oxygen atoms in total. The van der Waals surface area contributed by atoms with Crippen LogP contribution in [0.15, 0.2) is 60.7 Å². The normalized spacial score (nSPS) is 18.0. The van der Waals surface area contributed by atoms with Crippen molar-refractivity contribution >= 4 is 11.7 Å². The van der Waals surface area contributed by atoms with Gasteiger partial charge in [-0.2, -0.15) is 18.3 Å². The van der Waals surface area contributed by atoms with Gasteiger partial charge in [0.25, 0.3) is 5.91 Å². The fraction of sp³-hybridized carbons (Fsp3) is 0.333. The van der Waals surface area contributed by atoms with Gasteiger partial charge in [0.1, 0.15) is 5.82 Å². The minimum atomic E-state index is -4.58. The number of nitrogens with one attached hydrogen (secondary N) is 1. The van der Waals surface area contributed by atoms with E-state index >= 15 is 0 Å².